The molecule has 0 bridgehead atoms. The number of halogens is 3. The van der Waals surface area contributed by atoms with Gasteiger partial charge in [-0.3, -0.25) is 0 Å². The molecule has 1 fully saturated rings. The molecule has 88 valence electrons. The van der Waals surface area contributed by atoms with Gasteiger partial charge in [-0.1, -0.05) is 11.6 Å². The Kier molecular flexibility index (Phi) is 3.85. The van der Waals surface area contributed by atoms with Gasteiger partial charge in [-0.25, -0.2) is 4.39 Å². The molecule has 2 atom stereocenters. The molecular formula is C11H12BrClFNO. The van der Waals surface area contributed by atoms with Crippen LogP contribution in [0.3, 0.4) is 0 Å². The Morgan fingerprint density at radius 2 is 2.31 bits per heavy atom. The van der Waals surface area contributed by atoms with Crippen molar-refractivity contribution in [2.45, 2.75) is 12.5 Å². The number of nitrogens with two attached hydrogens (primary N) is 1. The molecule has 1 aliphatic heterocycles. The fourth-order valence-electron chi connectivity index (χ4n) is 1.88. The van der Waals surface area contributed by atoms with Crippen molar-refractivity contribution in [1.29, 1.82) is 0 Å². The van der Waals surface area contributed by atoms with Gasteiger partial charge >= 0.3 is 0 Å². The zero-order valence-electron chi connectivity index (χ0n) is 8.55. The fraction of sp³-hybridized carbons (Fsp3) is 0.455. The Balaban J connectivity index is 2.28. The van der Waals surface area contributed by atoms with Gasteiger partial charge in [0.25, 0.3) is 0 Å². The first-order valence-electron chi connectivity index (χ1n) is 5.07. The molecule has 1 saturated heterocycles. The van der Waals surface area contributed by atoms with Crippen LogP contribution in [-0.4, -0.2) is 13.2 Å². The Morgan fingerprint density at radius 1 is 1.56 bits per heavy atom. The van der Waals surface area contributed by atoms with Crippen molar-refractivity contribution in [1.82, 2.24) is 0 Å². The Bertz CT molecular complexity index is 396. The maximum atomic E-state index is 13.7. The van der Waals surface area contributed by atoms with E-state index in [2.05, 4.69) is 15.9 Å². The third kappa shape index (κ3) is 2.40. The van der Waals surface area contributed by atoms with Crippen LogP contribution in [-0.2, 0) is 4.74 Å². The zero-order chi connectivity index (χ0) is 11.7. The summed E-state index contributed by atoms with van der Waals surface area (Å²) in [6.45, 7) is 1.29. The summed E-state index contributed by atoms with van der Waals surface area (Å²) in [5, 5.41) is 0.478. The molecule has 1 aliphatic rings. The van der Waals surface area contributed by atoms with Crippen LogP contribution in [0.5, 0.6) is 0 Å². The molecule has 1 heterocycles. The summed E-state index contributed by atoms with van der Waals surface area (Å²) in [6.07, 6.45) is 0.869. The maximum absolute atomic E-state index is 13.7. The lowest BCUT2D eigenvalue weighted by Gasteiger charge is -2.19. The lowest BCUT2D eigenvalue weighted by Crippen LogP contribution is -2.22. The first-order chi connectivity index (χ1) is 7.59. The van der Waals surface area contributed by atoms with Gasteiger partial charge in [0.15, 0.2) is 0 Å². The van der Waals surface area contributed by atoms with E-state index in [1.165, 1.54) is 6.07 Å². The summed E-state index contributed by atoms with van der Waals surface area (Å²) in [5.74, 6) is -0.151. The van der Waals surface area contributed by atoms with E-state index in [0.717, 1.165) is 6.42 Å². The molecule has 0 spiro atoms. The molecule has 1 aromatic rings. The van der Waals surface area contributed by atoms with Crippen molar-refractivity contribution in [3.05, 3.63) is 33.0 Å². The van der Waals surface area contributed by atoms with E-state index in [4.69, 9.17) is 22.1 Å². The average Bonchev–Trinajstić information content (AvgIpc) is 2.75. The SMILES string of the molecule is NC(c1cc(Cl)c(Br)cc1F)C1CCOC1. The molecule has 0 aromatic heterocycles. The molecular weight excluding hydrogens is 296 g/mol. The average molecular weight is 309 g/mol. The van der Waals surface area contributed by atoms with Crippen molar-refractivity contribution < 1.29 is 9.13 Å². The molecule has 0 amide bonds. The first-order valence-corrected chi connectivity index (χ1v) is 6.24. The standard InChI is InChI=1S/C11H12BrClFNO/c12-8-4-10(14)7(3-9(8)13)11(15)6-1-2-16-5-6/h3-4,6,11H,1-2,5,15H2. The summed E-state index contributed by atoms with van der Waals surface area (Å²) in [5.41, 5.74) is 6.49. The molecule has 2 rings (SSSR count). The van der Waals surface area contributed by atoms with Crippen LogP contribution in [0.4, 0.5) is 4.39 Å². The second kappa shape index (κ2) is 5.00. The van der Waals surface area contributed by atoms with Gasteiger partial charge in [-0.2, -0.15) is 0 Å². The maximum Gasteiger partial charge on any atom is 0.129 e. The molecule has 0 aliphatic carbocycles. The largest absolute Gasteiger partial charge is 0.381 e. The minimum absolute atomic E-state index is 0.173. The lowest BCUT2D eigenvalue weighted by molar-refractivity contribution is 0.180. The second-order valence-corrected chi connectivity index (χ2v) is 5.20. The summed E-state index contributed by atoms with van der Waals surface area (Å²) in [4.78, 5) is 0. The quantitative estimate of drug-likeness (QED) is 0.851. The van der Waals surface area contributed by atoms with Gasteiger partial charge in [-0.05, 0) is 34.5 Å². The third-order valence-corrected chi connectivity index (χ3v) is 4.07. The Hall–Kier alpha value is -0.160. The lowest BCUT2D eigenvalue weighted by atomic mass is 9.93. The van der Waals surface area contributed by atoms with Crippen LogP contribution < -0.4 is 5.73 Å². The zero-order valence-corrected chi connectivity index (χ0v) is 10.9. The molecule has 5 heteroatoms. The molecule has 16 heavy (non-hydrogen) atoms. The predicted octanol–water partition coefficient (Wildman–Crippen LogP) is 3.28. The van der Waals surface area contributed by atoms with E-state index in [-0.39, 0.29) is 17.8 Å². The minimum Gasteiger partial charge on any atom is -0.381 e. The van der Waals surface area contributed by atoms with E-state index in [1.807, 2.05) is 0 Å². The van der Waals surface area contributed by atoms with Crippen LogP contribution in [0, 0.1) is 11.7 Å². The fourth-order valence-corrected chi connectivity index (χ4v) is 2.37. The van der Waals surface area contributed by atoms with Crippen LogP contribution in [0.25, 0.3) is 0 Å². The topological polar surface area (TPSA) is 35.2 Å². The summed E-state index contributed by atoms with van der Waals surface area (Å²) >= 11 is 9.11. The highest BCUT2D eigenvalue weighted by molar-refractivity contribution is 9.10. The summed E-state index contributed by atoms with van der Waals surface area (Å²) in [7, 11) is 0. The molecule has 2 N–H and O–H groups in total. The van der Waals surface area contributed by atoms with Crippen LogP contribution in [0.2, 0.25) is 5.02 Å². The predicted molar refractivity (Wildman–Crippen MR) is 65.0 cm³/mol. The third-order valence-electron chi connectivity index (χ3n) is 2.87. The monoisotopic (exact) mass is 307 g/mol. The van der Waals surface area contributed by atoms with E-state index >= 15 is 0 Å². The number of benzene rings is 1. The first kappa shape index (κ1) is 12.3. The molecule has 2 unspecified atom stereocenters. The van der Waals surface area contributed by atoms with Gasteiger partial charge in [0.2, 0.25) is 0 Å². The number of rotatable bonds is 2. The summed E-state index contributed by atoms with van der Waals surface area (Å²) in [6, 6.07) is 2.59. The number of ether oxygens (including phenoxy) is 1. The van der Waals surface area contributed by atoms with Crippen LogP contribution >= 0.6 is 27.5 Å². The molecule has 0 radical (unpaired) electrons. The Labute approximate surface area is 107 Å². The normalized spacial score (nSPS) is 22.4. The van der Waals surface area contributed by atoms with Crippen LogP contribution in [0.15, 0.2) is 16.6 Å². The van der Waals surface area contributed by atoms with E-state index in [0.29, 0.717) is 28.3 Å². The van der Waals surface area contributed by atoms with E-state index in [9.17, 15) is 4.39 Å². The van der Waals surface area contributed by atoms with E-state index in [1.54, 1.807) is 6.07 Å². The van der Waals surface area contributed by atoms with Crippen molar-refractivity contribution in [3.63, 3.8) is 0 Å². The second-order valence-electron chi connectivity index (χ2n) is 3.94. The smallest absolute Gasteiger partial charge is 0.129 e. The van der Waals surface area contributed by atoms with Crippen molar-refractivity contribution >= 4 is 27.5 Å². The van der Waals surface area contributed by atoms with Crippen LogP contribution in [0.1, 0.15) is 18.0 Å². The van der Waals surface area contributed by atoms with Crippen molar-refractivity contribution in [3.8, 4) is 0 Å². The summed E-state index contributed by atoms with van der Waals surface area (Å²) < 4.78 is 19.5. The molecule has 2 nitrogen and oxygen atoms in total. The molecule has 1 aromatic carbocycles. The van der Waals surface area contributed by atoms with Gasteiger partial charge in [-0.15, -0.1) is 0 Å². The highest BCUT2D eigenvalue weighted by Crippen LogP contribution is 2.33. The Morgan fingerprint density at radius 3 is 2.94 bits per heavy atom. The highest BCUT2D eigenvalue weighted by atomic mass is 79.9. The van der Waals surface area contributed by atoms with Gasteiger partial charge in [0.1, 0.15) is 5.82 Å². The highest BCUT2D eigenvalue weighted by Gasteiger charge is 2.26. The number of hydrogen-bond donors (Lipinski definition) is 1. The number of hydrogen-bond acceptors (Lipinski definition) is 2. The van der Waals surface area contributed by atoms with Gasteiger partial charge in [0, 0.05) is 28.6 Å². The van der Waals surface area contributed by atoms with E-state index < -0.39 is 0 Å². The van der Waals surface area contributed by atoms with Crippen molar-refractivity contribution in [2.24, 2.45) is 11.7 Å². The molecule has 0 saturated carbocycles. The van der Waals surface area contributed by atoms with Crippen molar-refractivity contribution in [2.75, 3.05) is 13.2 Å². The van der Waals surface area contributed by atoms with Gasteiger partial charge < -0.3 is 10.5 Å². The minimum atomic E-state index is -0.354. The van der Waals surface area contributed by atoms with Gasteiger partial charge in [0.05, 0.1) is 11.6 Å².